The quantitative estimate of drug-likeness (QED) is 0.913. The minimum absolute atomic E-state index is 0.147. The lowest BCUT2D eigenvalue weighted by Crippen LogP contribution is -2.21. The SMILES string of the molecule is CC(C)c1c(OC(F)(F)F)ccc(C(N)=O)c1C(C)C. The zero-order valence-corrected chi connectivity index (χ0v) is 11.8. The van der Waals surface area contributed by atoms with E-state index in [0.717, 1.165) is 6.07 Å². The Bertz CT molecular complexity index is 508. The maximum Gasteiger partial charge on any atom is 0.573 e. The van der Waals surface area contributed by atoms with Gasteiger partial charge < -0.3 is 10.5 Å². The molecule has 3 nitrogen and oxygen atoms in total. The summed E-state index contributed by atoms with van der Waals surface area (Å²) in [5, 5.41) is 0. The summed E-state index contributed by atoms with van der Waals surface area (Å²) < 4.78 is 41.5. The van der Waals surface area contributed by atoms with E-state index in [1.807, 2.05) is 0 Å². The molecule has 1 amide bonds. The molecule has 0 bridgehead atoms. The summed E-state index contributed by atoms with van der Waals surface area (Å²) in [4.78, 5) is 11.5. The molecule has 0 aromatic heterocycles. The van der Waals surface area contributed by atoms with Gasteiger partial charge in [0.25, 0.3) is 0 Å². The van der Waals surface area contributed by atoms with Crippen LogP contribution in [0.4, 0.5) is 13.2 Å². The fraction of sp³-hybridized carbons (Fsp3) is 0.500. The van der Waals surface area contributed by atoms with Crippen LogP contribution in [0, 0.1) is 0 Å². The van der Waals surface area contributed by atoms with Crippen molar-refractivity contribution in [1.29, 1.82) is 0 Å². The van der Waals surface area contributed by atoms with Crippen molar-refractivity contribution in [2.24, 2.45) is 5.73 Å². The van der Waals surface area contributed by atoms with E-state index in [1.54, 1.807) is 27.7 Å². The molecule has 1 aromatic carbocycles. The summed E-state index contributed by atoms with van der Waals surface area (Å²) in [6, 6.07) is 2.43. The number of hydrogen-bond acceptors (Lipinski definition) is 2. The number of hydrogen-bond donors (Lipinski definition) is 1. The number of amides is 1. The molecule has 0 aliphatic rings. The third-order valence-corrected chi connectivity index (χ3v) is 2.89. The van der Waals surface area contributed by atoms with Crippen molar-refractivity contribution in [3.05, 3.63) is 28.8 Å². The lowest BCUT2D eigenvalue weighted by atomic mass is 9.86. The molecule has 0 unspecified atom stereocenters. The van der Waals surface area contributed by atoms with E-state index in [1.165, 1.54) is 6.07 Å². The van der Waals surface area contributed by atoms with Crippen LogP contribution >= 0.6 is 0 Å². The molecule has 0 aliphatic carbocycles. The predicted octanol–water partition coefficient (Wildman–Crippen LogP) is 3.93. The Kier molecular flexibility index (Phi) is 4.68. The Morgan fingerprint density at radius 1 is 1.10 bits per heavy atom. The van der Waals surface area contributed by atoms with E-state index < -0.39 is 12.3 Å². The molecule has 0 saturated carbocycles. The largest absolute Gasteiger partial charge is 0.573 e. The minimum atomic E-state index is -4.77. The highest BCUT2D eigenvalue weighted by Gasteiger charge is 2.33. The Balaban J connectivity index is 3.56. The van der Waals surface area contributed by atoms with Gasteiger partial charge in [-0.1, -0.05) is 27.7 Å². The first-order valence-electron chi connectivity index (χ1n) is 6.27. The fourth-order valence-corrected chi connectivity index (χ4v) is 2.26. The van der Waals surface area contributed by atoms with Gasteiger partial charge in [-0.15, -0.1) is 13.2 Å². The number of nitrogens with two attached hydrogens (primary N) is 1. The summed E-state index contributed by atoms with van der Waals surface area (Å²) in [6.45, 7) is 7.08. The third-order valence-electron chi connectivity index (χ3n) is 2.89. The first kappa shape index (κ1) is 16.3. The molecule has 0 fully saturated rings. The summed E-state index contributed by atoms with van der Waals surface area (Å²) in [5.41, 5.74) is 6.41. The number of ether oxygens (including phenoxy) is 1. The van der Waals surface area contributed by atoms with E-state index in [4.69, 9.17) is 5.73 Å². The third kappa shape index (κ3) is 3.65. The zero-order chi connectivity index (χ0) is 15.7. The Labute approximate surface area is 115 Å². The van der Waals surface area contributed by atoms with E-state index >= 15 is 0 Å². The van der Waals surface area contributed by atoms with Gasteiger partial charge in [0.1, 0.15) is 5.75 Å². The molecule has 6 heteroatoms. The van der Waals surface area contributed by atoms with E-state index in [-0.39, 0.29) is 23.1 Å². The number of carbonyl (C=O) groups is 1. The lowest BCUT2D eigenvalue weighted by Gasteiger charge is -2.23. The molecule has 0 spiro atoms. The average Bonchev–Trinajstić information content (AvgIpc) is 2.24. The van der Waals surface area contributed by atoms with E-state index in [9.17, 15) is 18.0 Å². The first-order valence-corrected chi connectivity index (χ1v) is 6.27. The molecule has 0 aliphatic heterocycles. The van der Waals surface area contributed by atoms with Gasteiger partial charge in [-0.3, -0.25) is 4.79 Å². The highest BCUT2D eigenvalue weighted by atomic mass is 19.4. The Morgan fingerprint density at radius 3 is 1.95 bits per heavy atom. The molecule has 2 N–H and O–H groups in total. The number of primary amides is 1. The Hall–Kier alpha value is -1.72. The number of alkyl halides is 3. The monoisotopic (exact) mass is 289 g/mol. The Morgan fingerprint density at radius 2 is 1.60 bits per heavy atom. The van der Waals surface area contributed by atoms with Crippen LogP contribution in [0.25, 0.3) is 0 Å². The van der Waals surface area contributed by atoms with Crippen LogP contribution < -0.4 is 10.5 Å². The van der Waals surface area contributed by atoms with Crippen LogP contribution in [-0.4, -0.2) is 12.3 Å². The van der Waals surface area contributed by atoms with Crippen LogP contribution in [0.15, 0.2) is 12.1 Å². The highest BCUT2D eigenvalue weighted by Crippen LogP contribution is 2.38. The van der Waals surface area contributed by atoms with Crippen molar-refractivity contribution < 1.29 is 22.7 Å². The van der Waals surface area contributed by atoms with Crippen molar-refractivity contribution in [1.82, 2.24) is 0 Å². The maximum absolute atomic E-state index is 12.5. The van der Waals surface area contributed by atoms with E-state index in [0.29, 0.717) is 11.1 Å². The van der Waals surface area contributed by atoms with Crippen LogP contribution in [-0.2, 0) is 0 Å². The van der Waals surface area contributed by atoms with Gasteiger partial charge in [-0.2, -0.15) is 0 Å². The summed E-state index contributed by atoms with van der Waals surface area (Å²) >= 11 is 0. The van der Waals surface area contributed by atoms with Gasteiger partial charge in [0.05, 0.1) is 0 Å². The molecular weight excluding hydrogens is 271 g/mol. The second-order valence-corrected chi connectivity index (χ2v) is 5.16. The highest BCUT2D eigenvalue weighted by molar-refractivity contribution is 5.95. The van der Waals surface area contributed by atoms with Crippen LogP contribution in [0.5, 0.6) is 5.75 Å². The number of benzene rings is 1. The van der Waals surface area contributed by atoms with Crippen molar-refractivity contribution in [3.8, 4) is 5.75 Å². The molecule has 0 atom stereocenters. The van der Waals surface area contributed by atoms with Crippen molar-refractivity contribution in [3.63, 3.8) is 0 Å². The van der Waals surface area contributed by atoms with Gasteiger partial charge in [-0.05, 0) is 29.5 Å². The fourth-order valence-electron chi connectivity index (χ4n) is 2.26. The summed E-state index contributed by atoms with van der Waals surface area (Å²) in [6.07, 6.45) is -4.77. The molecule has 1 rings (SSSR count). The molecule has 0 saturated heterocycles. The molecule has 1 aromatic rings. The summed E-state index contributed by atoms with van der Waals surface area (Å²) in [7, 11) is 0. The van der Waals surface area contributed by atoms with Gasteiger partial charge >= 0.3 is 6.36 Å². The topological polar surface area (TPSA) is 52.3 Å². The van der Waals surface area contributed by atoms with Crippen LogP contribution in [0.1, 0.15) is 61.0 Å². The normalized spacial score (nSPS) is 12.1. The van der Waals surface area contributed by atoms with Gasteiger partial charge in [-0.25, -0.2) is 0 Å². The molecule has 112 valence electrons. The number of rotatable bonds is 4. The first-order chi connectivity index (χ1) is 9.04. The van der Waals surface area contributed by atoms with Crippen molar-refractivity contribution >= 4 is 5.91 Å². The standard InChI is InChI=1S/C14H18F3NO2/c1-7(2)11-9(13(18)19)5-6-10(12(11)8(3)4)20-14(15,16)17/h5-8H,1-4H3,(H2,18,19). The second kappa shape index (κ2) is 5.73. The predicted molar refractivity (Wildman–Crippen MR) is 69.8 cm³/mol. The van der Waals surface area contributed by atoms with Crippen molar-refractivity contribution in [2.75, 3.05) is 0 Å². The van der Waals surface area contributed by atoms with E-state index in [2.05, 4.69) is 4.74 Å². The lowest BCUT2D eigenvalue weighted by molar-refractivity contribution is -0.275. The maximum atomic E-state index is 12.5. The van der Waals surface area contributed by atoms with Crippen LogP contribution in [0.3, 0.4) is 0 Å². The molecule has 0 radical (unpaired) electrons. The van der Waals surface area contributed by atoms with Crippen LogP contribution in [0.2, 0.25) is 0 Å². The molecular formula is C14H18F3NO2. The van der Waals surface area contributed by atoms with Gasteiger partial charge in [0.15, 0.2) is 0 Å². The zero-order valence-electron chi connectivity index (χ0n) is 11.8. The number of halogens is 3. The smallest absolute Gasteiger partial charge is 0.405 e. The van der Waals surface area contributed by atoms with Gasteiger partial charge in [0.2, 0.25) is 5.91 Å². The molecule has 0 heterocycles. The van der Waals surface area contributed by atoms with Gasteiger partial charge in [0, 0.05) is 11.1 Å². The minimum Gasteiger partial charge on any atom is -0.405 e. The summed E-state index contributed by atoms with van der Waals surface area (Å²) in [5.74, 6) is -1.31. The molecule has 20 heavy (non-hydrogen) atoms. The van der Waals surface area contributed by atoms with Crippen molar-refractivity contribution in [2.45, 2.75) is 45.9 Å². The number of carbonyl (C=O) groups excluding carboxylic acids is 1. The second-order valence-electron chi connectivity index (χ2n) is 5.16. The average molecular weight is 289 g/mol.